The van der Waals surface area contributed by atoms with Crippen LogP contribution in [0.1, 0.15) is 5.56 Å². The third-order valence-corrected chi connectivity index (χ3v) is 3.35. The quantitative estimate of drug-likeness (QED) is 0.916. The monoisotopic (exact) mass is 310 g/mol. The van der Waals surface area contributed by atoms with Crippen LogP contribution in [-0.2, 0) is 11.2 Å². The molecule has 0 unspecified atom stereocenters. The van der Waals surface area contributed by atoms with Crippen molar-refractivity contribution in [3.8, 4) is 16.9 Å². The molecule has 2 aromatic carbocycles. The summed E-state index contributed by atoms with van der Waals surface area (Å²) in [7, 11) is 1.53. The highest BCUT2D eigenvalue weighted by molar-refractivity contribution is 6.36. The van der Waals surface area contributed by atoms with E-state index in [4.69, 9.17) is 33.0 Å². The molecule has 0 aliphatic carbocycles. The second-order valence-corrected chi connectivity index (χ2v) is 5.11. The second-order valence-electron chi connectivity index (χ2n) is 4.26. The first-order chi connectivity index (χ1) is 9.49. The number of carbonyl (C=O) groups is 1. The molecule has 0 spiro atoms. The summed E-state index contributed by atoms with van der Waals surface area (Å²) in [6.45, 7) is 0. The summed E-state index contributed by atoms with van der Waals surface area (Å²) in [6, 6.07) is 10.5. The minimum atomic E-state index is -0.897. The molecule has 104 valence electrons. The minimum Gasteiger partial charge on any atom is -0.497 e. The smallest absolute Gasteiger partial charge is 0.307 e. The number of benzene rings is 2. The molecule has 5 heteroatoms. The molecule has 1 N–H and O–H groups in total. The van der Waals surface area contributed by atoms with Gasteiger partial charge in [-0.15, -0.1) is 0 Å². The fourth-order valence-electron chi connectivity index (χ4n) is 1.93. The Morgan fingerprint density at radius 3 is 2.55 bits per heavy atom. The first-order valence-corrected chi connectivity index (χ1v) is 6.60. The number of hydrogen-bond acceptors (Lipinski definition) is 2. The average molecular weight is 311 g/mol. The number of halogens is 2. The predicted octanol–water partition coefficient (Wildman–Crippen LogP) is 4.30. The van der Waals surface area contributed by atoms with Crippen LogP contribution in [0.4, 0.5) is 0 Å². The van der Waals surface area contributed by atoms with Gasteiger partial charge in [0.25, 0.3) is 0 Å². The van der Waals surface area contributed by atoms with Crippen molar-refractivity contribution in [1.82, 2.24) is 0 Å². The molecule has 0 saturated heterocycles. The van der Waals surface area contributed by atoms with Gasteiger partial charge < -0.3 is 9.84 Å². The fourth-order valence-corrected chi connectivity index (χ4v) is 2.45. The van der Waals surface area contributed by atoms with Crippen LogP contribution >= 0.6 is 23.2 Å². The summed E-state index contributed by atoms with van der Waals surface area (Å²) < 4.78 is 5.20. The van der Waals surface area contributed by atoms with E-state index in [1.54, 1.807) is 36.4 Å². The second kappa shape index (κ2) is 6.16. The minimum absolute atomic E-state index is 0.0740. The Hall–Kier alpha value is -1.71. The van der Waals surface area contributed by atoms with Crippen LogP contribution in [-0.4, -0.2) is 18.2 Å². The summed E-state index contributed by atoms with van der Waals surface area (Å²) in [5, 5.41) is 9.95. The molecule has 20 heavy (non-hydrogen) atoms. The maximum Gasteiger partial charge on any atom is 0.307 e. The number of hydrogen-bond donors (Lipinski definition) is 1. The zero-order valence-corrected chi connectivity index (χ0v) is 12.2. The third kappa shape index (κ3) is 3.44. The maximum atomic E-state index is 10.8. The number of rotatable bonds is 4. The summed E-state index contributed by atoms with van der Waals surface area (Å²) in [6.07, 6.45) is -0.0740. The first-order valence-electron chi connectivity index (χ1n) is 5.85. The van der Waals surface area contributed by atoms with Crippen molar-refractivity contribution < 1.29 is 14.6 Å². The number of methoxy groups -OCH3 is 1. The topological polar surface area (TPSA) is 46.5 Å². The molecule has 3 nitrogen and oxygen atoms in total. The largest absolute Gasteiger partial charge is 0.497 e. The summed E-state index contributed by atoms with van der Waals surface area (Å²) >= 11 is 12.1. The van der Waals surface area contributed by atoms with E-state index in [0.29, 0.717) is 21.4 Å². The first kappa shape index (κ1) is 14.7. The predicted molar refractivity (Wildman–Crippen MR) is 79.8 cm³/mol. The Morgan fingerprint density at radius 1 is 1.20 bits per heavy atom. The van der Waals surface area contributed by atoms with Crippen LogP contribution in [0, 0.1) is 0 Å². The number of aliphatic carboxylic acids is 1. The molecular weight excluding hydrogens is 299 g/mol. The summed E-state index contributed by atoms with van der Waals surface area (Å²) in [4.78, 5) is 10.8. The fraction of sp³-hybridized carbons (Fsp3) is 0.133. The molecule has 2 rings (SSSR count). The molecule has 0 heterocycles. The molecule has 0 fully saturated rings. The third-order valence-electron chi connectivity index (χ3n) is 2.80. The number of carboxylic acids is 1. The van der Waals surface area contributed by atoms with Crippen molar-refractivity contribution >= 4 is 29.2 Å². The van der Waals surface area contributed by atoms with Crippen molar-refractivity contribution in [2.45, 2.75) is 6.42 Å². The van der Waals surface area contributed by atoms with Gasteiger partial charge in [-0.1, -0.05) is 35.3 Å². The van der Waals surface area contributed by atoms with Gasteiger partial charge in [-0.05, 0) is 35.4 Å². The molecule has 0 amide bonds. The van der Waals surface area contributed by atoms with E-state index in [1.807, 2.05) is 0 Å². The van der Waals surface area contributed by atoms with E-state index >= 15 is 0 Å². The van der Waals surface area contributed by atoms with Gasteiger partial charge in [-0.25, -0.2) is 0 Å². The maximum absolute atomic E-state index is 10.8. The zero-order chi connectivity index (χ0) is 14.7. The Kier molecular flexibility index (Phi) is 4.53. The highest BCUT2D eigenvalue weighted by Gasteiger charge is 2.09. The highest BCUT2D eigenvalue weighted by atomic mass is 35.5. The molecule has 0 saturated carbocycles. The zero-order valence-electron chi connectivity index (χ0n) is 10.7. The van der Waals surface area contributed by atoms with Crippen LogP contribution in [0.15, 0.2) is 36.4 Å². The van der Waals surface area contributed by atoms with Gasteiger partial charge in [0.1, 0.15) is 5.75 Å². The van der Waals surface area contributed by atoms with E-state index in [1.165, 1.54) is 7.11 Å². The van der Waals surface area contributed by atoms with E-state index in [2.05, 4.69) is 0 Å². The van der Waals surface area contributed by atoms with Gasteiger partial charge in [-0.3, -0.25) is 4.79 Å². The molecule has 0 aliphatic rings. The molecule has 0 atom stereocenters. The Morgan fingerprint density at radius 2 is 1.95 bits per heavy atom. The lowest BCUT2D eigenvalue weighted by atomic mass is 10.0. The average Bonchev–Trinajstić information content (AvgIpc) is 2.37. The lowest BCUT2D eigenvalue weighted by molar-refractivity contribution is -0.136. The Labute approximate surface area is 126 Å². The van der Waals surface area contributed by atoms with Gasteiger partial charge in [-0.2, -0.15) is 0 Å². The highest BCUT2D eigenvalue weighted by Crippen LogP contribution is 2.33. The molecular formula is C15H12Cl2O3. The van der Waals surface area contributed by atoms with Gasteiger partial charge >= 0.3 is 5.97 Å². The van der Waals surface area contributed by atoms with Crippen LogP contribution in [0.2, 0.25) is 10.0 Å². The van der Waals surface area contributed by atoms with Crippen LogP contribution < -0.4 is 4.74 Å². The standard InChI is InChI=1S/C15H12Cl2O3/c1-20-12-5-9(6-15(18)19)4-10(7-12)13-3-2-11(16)8-14(13)17/h2-5,7-8H,6H2,1H3,(H,18,19). The van der Waals surface area contributed by atoms with Crippen LogP contribution in [0.3, 0.4) is 0 Å². The molecule has 0 bridgehead atoms. The summed E-state index contributed by atoms with van der Waals surface area (Å²) in [5.41, 5.74) is 2.22. The van der Waals surface area contributed by atoms with Crippen LogP contribution in [0.25, 0.3) is 11.1 Å². The van der Waals surface area contributed by atoms with E-state index in [0.717, 1.165) is 11.1 Å². The van der Waals surface area contributed by atoms with Crippen LogP contribution in [0.5, 0.6) is 5.75 Å². The Balaban J connectivity index is 2.52. The van der Waals surface area contributed by atoms with Crippen molar-refractivity contribution in [3.63, 3.8) is 0 Å². The summed E-state index contributed by atoms with van der Waals surface area (Å²) in [5.74, 6) is -0.309. The molecule has 0 aromatic heterocycles. The van der Waals surface area contributed by atoms with Gasteiger partial charge in [0.2, 0.25) is 0 Å². The van der Waals surface area contributed by atoms with E-state index in [-0.39, 0.29) is 6.42 Å². The van der Waals surface area contributed by atoms with Crippen molar-refractivity contribution in [3.05, 3.63) is 52.0 Å². The van der Waals surface area contributed by atoms with E-state index < -0.39 is 5.97 Å². The van der Waals surface area contributed by atoms with Crippen molar-refractivity contribution in [2.75, 3.05) is 7.11 Å². The lowest BCUT2D eigenvalue weighted by Crippen LogP contribution is -2.00. The lowest BCUT2D eigenvalue weighted by Gasteiger charge is -2.10. The molecule has 0 aliphatic heterocycles. The van der Waals surface area contributed by atoms with Crippen molar-refractivity contribution in [2.24, 2.45) is 0 Å². The molecule has 0 radical (unpaired) electrons. The van der Waals surface area contributed by atoms with Crippen molar-refractivity contribution in [1.29, 1.82) is 0 Å². The van der Waals surface area contributed by atoms with Gasteiger partial charge in [0.05, 0.1) is 13.5 Å². The SMILES string of the molecule is COc1cc(CC(=O)O)cc(-c2ccc(Cl)cc2Cl)c1. The molecule has 2 aromatic rings. The van der Waals surface area contributed by atoms with Gasteiger partial charge in [0, 0.05) is 15.6 Å². The Bertz CT molecular complexity index is 654. The number of ether oxygens (including phenoxy) is 1. The normalized spacial score (nSPS) is 10.3. The number of carboxylic acid groups (broad SMARTS) is 1. The van der Waals surface area contributed by atoms with E-state index in [9.17, 15) is 4.79 Å². The van der Waals surface area contributed by atoms with Gasteiger partial charge in [0.15, 0.2) is 0 Å².